The Morgan fingerprint density at radius 2 is 2.33 bits per heavy atom. The van der Waals surface area contributed by atoms with E-state index in [1.807, 2.05) is 25.1 Å². The molecule has 2 aromatic rings. The van der Waals surface area contributed by atoms with Gasteiger partial charge in [-0.1, -0.05) is 19.1 Å². The SMILES string of the molecule is CCC(CO)NC(=O)c1cc2cccc(Br)c2o1. The van der Waals surface area contributed by atoms with E-state index >= 15 is 0 Å². The van der Waals surface area contributed by atoms with Crippen LogP contribution in [0.15, 0.2) is 33.2 Å². The molecule has 18 heavy (non-hydrogen) atoms. The third kappa shape index (κ3) is 2.57. The van der Waals surface area contributed by atoms with Gasteiger partial charge in [-0.25, -0.2) is 0 Å². The molecule has 0 fully saturated rings. The highest BCUT2D eigenvalue weighted by Gasteiger charge is 2.16. The van der Waals surface area contributed by atoms with E-state index < -0.39 is 0 Å². The number of halogens is 1. The summed E-state index contributed by atoms with van der Waals surface area (Å²) in [6.07, 6.45) is 0.673. The molecule has 1 unspecified atom stereocenters. The van der Waals surface area contributed by atoms with Gasteiger partial charge in [0.2, 0.25) is 0 Å². The van der Waals surface area contributed by atoms with Crippen LogP contribution >= 0.6 is 15.9 Å². The second kappa shape index (κ2) is 5.54. The topological polar surface area (TPSA) is 62.5 Å². The lowest BCUT2D eigenvalue weighted by Gasteiger charge is -2.12. The van der Waals surface area contributed by atoms with E-state index in [1.54, 1.807) is 6.07 Å². The molecule has 0 radical (unpaired) electrons. The molecule has 1 heterocycles. The molecule has 0 aliphatic rings. The van der Waals surface area contributed by atoms with Crippen molar-refractivity contribution < 1.29 is 14.3 Å². The summed E-state index contributed by atoms with van der Waals surface area (Å²) in [5, 5.41) is 12.6. The quantitative estimate of drug-likeness (QED) is 0.912. The summed E-state index contributed by atoms with van der Waals surface area (Å²) in [5.41, 5.74) is 0.652. The molecule has 2 N–H and O–H groups in total. The number of carbonyl (C=O) groups excluding carboxylic acids is 1. The lowest BCUT2D eigenvalue weighted by atomic mass is 10.2. The maximum Gasteiger partial charge on any atom is 0.287 e. The van der Waals surface area contributed by atoms with Gasteiger partial charge in [0, 0.05) is 5.39 Å². The van der Waals surface area contributed by atoms with Crippen molar-refractivity contribution in [3.05, 3.63) is 34.5 Å². The van der Waals surface area contributed by atoms with Gasteiger partial charge in [0.05, 0.1) is 17.1 Å². The van der Waals surface area contributed by atoms with Crippen LogP contribution in [0.2, 0.25) is 0 Å². The van der Waals surface area contributed by atoms with Crippen molar-refractivity contribution in [1.29, 1.82) is 0 Å². The molecule has 4 nitrogen and oxygen atoms in total. The molecule has 0 saturated carbocycles. The first-order valence-corrected chi connectivity index (χ1v) is 6.54. The van der Waals surface area contributed by atoms with E-state index in [9.17, 15) is 4.79 Å². The predicted molar refractivity (Wildman–Crippen MR) is 72.5 cm³/mol. The number of hydrogen-bond acceptors (Lipinski definition) is 3. The number of para-hydroxylation sites is 1. The number of amides is 1. The molecule has 1 aromatic heterocycles. The van der Waals surface area contributed by atoms with Crippen molar-refractivity contribution in [2.24, 2.45) is 0 Å². The maximum absolute atomic E-state index is 11.9. The number of furan rings is 1. The normalized spacial score (nSPS) is 12.6. The lowest BCUT2D eigenvalue weighted by molar-refractivity contribution is 0.0889. The lowest BCUT2D eigenvalue weighted by Crippen LogP contribution is -2.36. The highest BCUT2D eigenvalue weighted by molar-refractivity contribution is 9.10. The molecule has 1 atom stereocenters. The standard InChI is InChI=1S/C13H14BrNO3/c1-2-9(7-16)15-13(17)11-6-8-4-3-5-10(14)12(8)18-11/h3-6,9,16H,2,7H2,1H3,(H,15,17). The summed E-state index contributed by atoms with van der Waals surface area (Å²) in [6.45, 7) is 1.82. The summed E-state index contributed by atoms with van der Waals surface area (Å²) >= 11 is 3.37. The second-order valence-corrected chi connectivity index (χ2v) is 4.88. The second-order valence-electron chi connectivity index (χ2n) is 4.03. The number of aliphatic hydroxyl groups excluding tert-OH is 1. The van der Waals surface area contributed by atoms with Gasteiger partial charge in [-0.15, -0.1) is 0 Å². The predicted octanol–water partition coefficient (Wildman–Crippen LogP) is 2.70. The number of fused-ring (bicyclic) bond motifs is 1. The summed E-state index contributed by atoms with van der Waals surface area (Å²) in [5.74, 6) is -0.0530. The number of aliphatic hydroxyl groups is 1. The van der Waals surface area contributed by atoms with Crippen LogP contribution in [-0.4, -0.2) is 23.7 Å². The third-order valence-corrected chi connectivity index (χ3v) is 3.39. The van der Waals surface area contributed by atoms with Crippen LogP contribution in [0.3, 0.4) is 0 Å². The van der Waals surface area contributed by atoms with E-state index in [-0.39, 0.29) is 24.3 Å². The van der Waals surface area contributed by atoms with Crippen LogP contribution < -0.4 is 5.32 Å². The molecule has 2 rings (SSSR count). The summed E-state index contributed by atoms with van der Waals surface area (Å²) in [7, 11) is 0. The fourth-order valence-corrected chi connectivity index (χ4v) is 2.14. The largest absolute Gasteiger partial charge is 0.450 e. The van der Waals surface area contributed by atoms with Gasteiger partial charge in [0.15, 0.2) is 5.76 Å². The van der Waals surface area contributed by atoms with Crippen molar-refractivity contribution >= 4 is 32.8 Å². The first kappa shape index (κ1) is 13.1. The Labute approximate surface area is 113 Å². The van der Waals surface area contributed by atoms with Crippen LogP contribution in [0.5, 0.6) is 0 Å². The first-order chi connectivity index (χ1) is 8.65. The van der Waals surface area contributed by atoms with Crippen molar-refractivity contribution in [3.8, 4) is 0 Å². The van der Waals surface area contributed by atoms with Crippen molar-refractivity contribution in [3.63, 3.8) is 0 Å². The van der Waals surface area contributed by atoms with Crippen molar-refractivity contribution in [2.45, 2.75) is 19.4 Å². The van der Waals surface area contributed by atoms with E-state index in [0.717, 1.165) is 9.86 Å². The van der Waals surface area contributed by atoms with Gasteiger partial charge in [-0.2, -0.15) is 0 Å². The minimum Gasteiger partial charge on any atom is -0.450 e. The maximum atomic E-state index is 11.9. The summed E-state index contributed by atoms with van der Waals surface area (Å²) in [6, 6.07) is 7.07. The zero-order chi connectivity index (χ0) is 13.1. The number of rotatable bonds is 4. The molecule has 0 aliphatic heterocycles. The van der Waals surface area contributed by atoms with Crippen LogP contribution in [0.25, 0.3) is 11.0 Å². The van der Waals surface area contributed by atoms with Gasteiger partial charge in [-0.3, -0.25) is 4.79 Å². The van der Waals surface area contributed by atoms with E-state index in [2.05, 4.69) is 21.2 Å². The van der Waals surface area contributed by atoms with E-state index in [0.29, 0.717) is 12.0 Å². The number of carbonyl (C=O) groups is 1. The Kier molecular flexibility index (Phi) is 4.04. The Hall–Kier alpha value is -1.33. The fourth-order valence-electron chi connectivity index (χ4n) is 1.67. The molecule has 96 valence electrons. The molecule has 1 aromatic carbocycles. The van der Waals surface area contributed by atoms with Gasteiger partial charge in [-0.05, 0) is 34.5 Å². The average Bonchev–Trinajstić information content (AvgIpc) is 2.81. The van der Waals surface area contributed by atoms with Crippen LogP contribution in [0.4, 0.5) is 0 Å². The number of benzene rings is 1. The van der Waals surface area contributed by atoms with Crippen LogP contribution in [-0.2, 0) is 0 Å². The van der Waals surface area contributed by atoms with Gasteiger partial charge >= 0.3 is 0 Å². The minimum absolute atomic E-state index is 0.0772. The van der Waals surface area contributed by atoms with Gasteiger partial charge < -0.3 is 14.8 Å². The molecule has 5 heteroatoms. The molecule has 0 spiro atoms. The van der Waals surface area contributed by atoms with Crippen LogP contribution in [0.1, 0.15) is 23.9 Å². The Morgan fingerprint density at radius 1 is 1.56 bits per heavy atom. The molecule has 1 amide bonds. The van der Waals surface area contributed by atoms with Gasteiger partial charge in [0.25, 0.3) is 5.91 Å². The Bertz CT molecular complexity index is 560. The third-order valence-electron chi connectivity index (χ3n) is 2.77. The zero-order valence-corrected chi connectivity index (χ0v) is 11.5. The fraction of sp³-hybridized carbons (Fsp3) is 0.308. The summed E-state index contributed by atoms with van der Waals surface area (Å²) in [4.78, 5) is 11.9. The molecular formula is C13H14BrNO3. The minimum atomic E-state index is -0.306. The Morgan fingerprint density at radius 3 is 2.94 bits per heavy atom. The van der Waals surface area contributed by atoms with E-state index in [4.69, 9.17) is 9.52 Å². The number of nitrogens with one attached hydrogen (secondary N) is 1. The van der Waals surface area contributed by atoms with Crippen LogP contribution in [0, 0.1) is 0 Å². The monoisotopic (exact) mass is 311 g/mol. The molecule has 0 saturated heterocycles. The highest BCUT2D eigenvalue weighted by Crippen LogP contribution is 2.26. The molecular weight excluding hydrogens is 298 g/mol. The first-order valence-electron chi connectivity index (χ1n) is 5.75. The van der Waals surface area contributed by atoms with Gasteiger partial charge in [0.1, 0.15) is 5.58 Å². The molecule has 0 bridgehead atoms. The smallest absolute Gasteiger partial charge is 0.287 e. The highest BCUT2D eigenvalue weighted by atomic mass is 79.9. The average molecular weight is 312 g/mol. The van der Waals surface area contributed by atoms with Crippen molar-refractivity contribution in [1.82, 2.24) is 5.32 Å². The molecule has 0 aliphatic carbocycles. The number of hydrogen-bond donors (Lipinski definition) is 2. The van der Waals surface area contributed by atoms with E-state index in [1.165, 1.54) is 0 Å². The van der Waals surface area contributed by atoms with Crippen molar-refractivity contribution in [2.75, 3.05) is 6.61 Å². The summed E-state index contributed by atoms with van der Waals surface area (Å²) < 4.78 is 6.32. The Balaban J connectivity index is 2.26. The zero-order valence-electron chi connectivity index (χ0n) is 9.94.